The minimum absolute atomic E-state index is 0.152. The maximum Gasteiger partial charge on any atom is 0.306 e. The van der Waals surface area contributed by atoms with Crippen molar-refractivity contribution in [2.24, 2.45) is 5.11 Å². The normalized spacial score (nSPS) is 16.4. The summed E-state index contributed by atoms with van der Waals surface area (Å²) in [6.45, 7) is 0.283. The van der Waals surface area contributed by atoms with Gasteiger partial charge in [0.2, 0.25) is 0 Å². The van der Waals surface area contributed by atoms with E-state index < -0.39 is 0 Å². The minimum Gasteiger partial charge on any atom is -0.489 e. The van der Waals surface area contributed by atoms with Crippen LogP contribution in [-0.2, 0) is 16.1 Å². The first-order valence-electron chi connectivity index (χ1n) is 7.41. The number of benzene rings is 2. The smallest absolute Gasteiger partial charge is 0.306 e. The molecule has 0 amide bonds. The molecular weight excluding hydrogens is 374 g/mol. The highest BCUT2D eigenvalue weighted by Crippen LogP contribution is 2.31. The molecule has 0 saturated carbocycles. The number of azide groups is 1. The molecule has 0 N–H and O–H groups in total. The van der Waals surface area contributed by atoms with Crippen molar-refractivity contribution in [1.29, 1.82) is 0 Å². The SMILES string of the molecule is [N-]=[N+]=Nc1ccc(Br)cc1COc1ccc(C2CCC(=O)O2)cc1. The second-order valence-electron chi connectivity index (χ2n) is 5.34. The summed E-state index contributed by atoms with van der Waals surface area (Å²) in [5.74, 6) is 0.537. The van der Waals surface area contributed by atoms with Gasteiger partial charge in [0.05, 0.1) is 0 Å². The van der Waals surface area contributed by atoms with Crippen LogP contribution in [0.1, 0.15) is 30.1 Å². The van der Waals surface area contributed by atoms with Crippen molar-refractivity contribution in [1.82, 2.24) is 0 Å². The molecule has 0 spiro atoms. The number of esters is 1. The van der Waals surface area contributed by atoms with Crippen LogP contribution in [0.25, 0.3) is 10.4 Å². The number of hydrogen-bond donors (Lipinski definition) is 0. The summed E-state index contributed by atoms with van der Waals surface area (Å²) in [7, 11) is 0. The van der Waals surface area contributed by atoms with E-state index in [-0.39, 0.29) is 18.7 Å². The second-order valence-corrected chi connectivity index (χ2v) is 6.25. The molecule has 122 valence electrons. The first kappa shape index (κ1) is 16.4. The lowest BCUT2D eigenvalue weighted by molar-refractivity contribution is -0.141. The van der Waals surface area contributed by atoms with Crippen molar-refractivity contribution in [2.75, 3.05) is 0 Å². The Morgan fingerprint density at radius 2 is 2.08 bits per heavy atom. The minimum atomic E-state index is -0.159. The van der Waals surface area contributed by atoms with E-state index in [9.17, 15) is 4.79 Å². The van der Waals surface area contributed by atoms with Gasteiger partial charge < -0.3 is 9.47 Å². The van der Waals surface area contributed by atoms with Gasteiger partial charge in [-0.25, -0.2) is 0 Å². The highest BCUT2D eigenvalue weighted by molar-refractivity contribution is 9.10. The van der Waals surface area contributed by atoms with Gasteiger partial charge in [0.25, 0.3) is 0 Å². The van der Waals surface area contributed by atoms with Gasteiger partial charge in [-0.1, -0.05) is 39.2 Å². The molecule has 0 aliphatic carbocycles. The van der Waals surface area contributed by atoms with Crippen LogP contribution in [0.3, 0.4) is 0 Å². The lowest BCUT2D eigenvalue weighted by atomic mass is 10.1. The van der Waals surface area contributed by atoms with Crippen molar-refractivity contribution in [3.63, 3.8) is 0 Å². The largest absolute Gasteiger partial charge is 0.489 e. The van der Waals surface area contributed by atoms with E-state index in [1.54, 1.807) is 6.07 Å². The quantitative estimate of drug-likeness (QED) is 0.300. The summed E-state index contributed by atoms with van der Waals surface area (Å²) in [5, 5.41) is 3.66. The number of halogens is 1. The fourth-order valence-electron chi connectivity index (χ4n) is 2.52. The van der Waals surface area contributed by atoms with E-state index in [0.717, 1.165) is 15.6 Å². The molecule has 0 radical (unpaired) electrons. The van der Waals surface area contributed by atoms with Crippen LogP contribution >= 0.6 is 15.9 Å². The average Bonchev–Trinajstić information content (AvgIpc) is 3.02. The molecule has 1 atom stereocenters. The number of rotatable bonds is 5. The van der Waals surface area contributed by atoms with Crippen LogP contribution in [0.2, 0.25) is 0 Å². The van der Waals surface area contributed by atoms with Crippen molar-refractivity contribution < 1.29 is 14.3 Å². The van der Waals surface area contributed by atoms with Crippen LogP contribution < -0.4 is 4.74 Å². The number of ether oxygens (including phenoxy) is 2. The van der Waals surface area contributed by atoms with Gasteiger partial charge in [0.1, 0.15) is 18.5 Å². The number of hydrogen-bond acceptors (Lipinski definition) is 4. The van der Waals surface area contributed by atoms with Crippen molar-refractivity contribution in [3.05, 3.63) is 68.5 Å². The molecule has 6 nitrogen and oxygen atoms in total. The zero-order chi connectivity index (χ0) is 16.9. The fraction of sp³-hybridized carbons (Fsp3) is 0.235. The molecule has 1 saturated heterocycles. The van der Waals surface area contributed by atoms with Gasteiger partial charge in [-0.15, -0.1) is 0 Å². The van der Waals surface area contributed by atoms with Gasteiger partial charge in [0, 0.05) is 21.5 Å². The number of cyclic esters (lactones) is 1. The second kappa shape index (κ2) is 7.38. The topological polar surface area (TPSA) is 84.3 Å². The zero-order valence-electron chi connectivity index (χ0n) is 12.7. The van der Waals surface area contributed by atoms with Crippen LogP contribution in [0, 0.1) is 0 Å². The molecule has 2 aromatic rings. The molecule has 0 bridgehead atoms. The van der Waals surface area contributed by atoms with Crippen LogP contribution in [-0.4, -0.2) is 5.97 Å². The van der Waals surface area contributed by atoms with Gasteiger partial charge >= 0.3 is 5.97 Å². The van der Waals surface area contributed by atoms with Crippen molar-refractivity contribution in [2.45, 2.75) is 25.6 Å². The molecule has 7 heteroatoms. The monoisotopic (exact) mass is 387 g/mol. The van der Waals surface area contributed by atoms with E-state index in [1.807, 2.05) is 36.4 Å². The Kier molecular flexibility index (Phi) is 5.03. The number of nitrogens with zero attached hydrogens (tertiary/aromatic N) is 3. The summed E-state index contributed by atoms with van der Waals surface area (Å²) in [6, 6.07) is 12.9. The van der Waals surface area contributed by atoms with E-state index in [1.165, 1.54) is 0 Å². The Hall–Kier alpha value is -2.50. The molecule has 2 aromatic carbocycles. The maximum absolute atomic E-state index is 11.2. The third-order valence-electron chi connectivity index (χ3n) is 3.72. The lowest BCUT2D eigenvalue weighted by Crippen LogP contribution is -1.99. The zero-order valence-corrected chi connectivity index (χ0v) is 14.3. The highest BCUT2D eigenvalue weighted by Gasteiger charge is 2.24. The van der Waals surface area contributed by atoms with E-state index in [0.29, 0.717) is 24.3 Å². The standard InChI is InChI=1S/C17H14BrN3O3/c18-13-3-6-15(20-21-19)12(9-13)10-23-14-4-1-11(2-5-14)16-7-8-17(22)24-16/h1-6,9,16H,7-8,10H2. The first-order chi connectivity index (χ1) is 11.7. The molecule has 3 rings (SSSR count). The Morgan fingerprint density at radius 1 is 1.29 bits per heavy atom. The van der Waals surface area contributed by atoms with Crippen LogP contribution in [0.5, 0.6) is 5.75 Å². The van der Waals surface area contributed by atoms with Crippen molar-refractivity contribution >= 4 is 27.6 Å². The average molecular weight is 388 g/mol. The molecule has 1 aliphatic heterocycles. The Bertz CT molecular complexity index is 801. The summed E-state index contributed by atoms with van der Waals surface area (Å²) < 4.78 is 11.9. The summed E-state index contributed by atoms with van der Waals surface area (Å²) in [4.78, 5) is 14.0. The van der Waals surface area contributed by atoms with Gasteiger partial charge in [-0.05, 0) is 47.3 Å². The summed E-state index contributed by atoms with van der Waals surface area (Å²) in [5.41, 5.74) is 10.9. The summed E-state index contributed by atoms with van der Waals surface area (Å²) in [6.07, 6.45) is 1.02. The number of carbonyl (C=O) groups is 1. The van der Waals surface area contributed by atoms with E-state index in [4.69, 9.17) is 15.0 Å². The summed E-state index contributed by atoms with van der Waals surface area (Å²) >= 11 is 3.39. The predicted molar refractivity (Wildman–Crippen MR) is 91.8 cm³/mol. The Morgan fingerprint density at radius 3 is 2.75 bits per heavy atom. The third-order valence-corrected chi connectivity index (χ3v) is 4.22. The molecule has 1 fully saturated rings. The Labute approximate surface area is 147 Å². The van der Waals surface area contributed by atoms with Crippen LogP contribution in [0.15, 0.2) is 52.1 Å². The van der Waals surface area contributed by atoms with Crippen LogP contribution in [0.4, 0.5) is 5.69 Å². The fourth-order valence-corrected chi connectivity index (χ4v) is 2.92. The highest BCUT2D eigenvalue weighted by atomic mass is 79.9. The maximum atomic E-state index is 11.2. The van der Waals surface area contributed by atoms with Gasteiger partial charge in [-0.3, -0.25) is 4.79 Å². The van der Waals surface area contributed by atoms with E-state index in [2.05, 4.69) is 26.0 Å². The van der Waals surface area contributed by atoms with Gasteiger partial charge in [-0.2, -0.15) is 0 Å². The molecule has 1 aliphatic rings. The molecule has 1 unspecified atom stereocenters. The number of carbonyl (C=O) groups excluding carboxylic acids is 1. The lowest BCUT2D eigenvalue weighted by Gasteiger charge is -2.12. The third kappa shape index (κ3) is 3.88. The predicted octanol–water partition coefficient (Wildman–Crippen LogP) is 5.35. The van der Waals surface area contributed by atoms with Crippen molar-refractivity contribution in [3.8, 4) is 5.75 Å². The first-order valence-corrected chi connectivity index (χ1v) is 8.21. The Balaban J connectivity index is 1.68. The molecule has 0 aromatic heterocycles. The molecular formula is C17H14BrN3O3. The molecule has 24 heavy (non-hydrogen) atoms. The molecule has 1 heterocycles. The van der Waals surface area contributed by atoms with Gasteiger partial charge in [0.15, 0.2) is 0 Å². The van der Waals surface area contributed by atoms with E-state index >= 15 is 0 Å².